The molecule has 0 aliphatic carbocycles. The average Bonchev–Trinajstić information content (AvgIpc) is 3.81. The predicted octanol–water partition coefficient (Wildman–Crippen LogP) is 15.7. The molecule has 2 nitrogen and oxygen atoms in total. The molecule has 4 heteroatoms. The van der Waals surface area contributed by atoms with Crippen LogP contribution in [0.4, 0.5) is 17.1 Å². The Balaban J connectivity index is 1.04. The summed E-state index contributed by atoms with van der Waals surface area (Å²) in [5, 5.41) is 5.09. The van der Waals surface area contributed by atoms with E-state index in [1.807, 2.05) is 22.7 Å². The SMILES string of the molecule is CC1(C)c2ccc(N(c3ccc(-c4ccccc4)cc3)c3ccc(-c4cccc5c4sc4ccccc45)cc3)cc2Oc2c1ccc1sc3ccccc3c21. The summed E-state index contributed by atoms with van der Waals surface area (Å²) in [5.41, 5.74) is 10.3. The van der Waals surface area contributed by atoms with E-state index >= 15 is 0 Å². The van der Waals surface area contributed by atoms with Crippen LogP contribution in [0.1, 0.15) is 25.0 Å². The van der Waals surface area contributed by atoms with E-state index in [0.29, 0.717) is 0 Å². The molecule has 0 spiro atoms. The van der Waals surface area contributed by atoms with Gasteiger partial charge in [-0.3, -0.25) is 0 Å². The van der Waals surface area contributed by atoms with Crippen molar-refractivity contribution in [1.82, 2.24) is 0 Å². The predicted molar refractivity (Wildman–Crippen MR) is 236 cm³/mol. The number of nitrogens with zero attached hydrogens (tertiary/aromatic N) is 1. The van der Waals surface area contributed by atoms with Crippen LogP contribution in [0.25, 0.3) is 62.6 Å². The monoisotopic (exact) mass is 741 g/mol. The molecule has 11 rings (SSSR count). The Bertz CT molecular complexity index is 3080. The Morgan fingerprint density at radius 2 is 1.05 bits per heavy atom. The van der Waals surface area contributed by atoms with Gasteiger partial charge in [-0.25, -0.2) is 0 Å². The van der Waals surface area contributed by atoms with E-state index in [1.165, 1.54) is 73.7 Å². The lowest BCUT2D eigenvalue weighted by molar-refractivity contribution is 0.423. The van der Waals surface area contributed by atoms with Gasteiger partial charge in [-0.05, 0) is 70.8 Å². The van der Waals surface area contributed by atoms with Crippen molar-refractivity contribution in [3.63, 3.8) is 0 Å². The molecule has 0 atom stereocenters. The van der Waals surface area contributed by atoms with Gasteiger partial charge in [-0.1, -0.05) is 135 Å². The van der Waals surface area contributed by atoms with Crippen molar-refractivity contribution in [2.45, 2.75) is 19.3 Å². The van der Waals surface area contributed by atoms with Crippen molar-refractivity contribution in [3.8, 4) is 33.8 Å². The summed E-state index contributed by atoms with van der Waals surface area (Å²) in [7, 11) is 0. The van der Waals surface area contributed by atoms with E-state index in [-0.39, 0.29) is 5.41 Å². The van der Waals surface area contributed by atoms with Crippen molar-refractivity contribution in [1.29, 1.82) is 0 Å². The lowest BCUT2D eigenvalue weighted by atomic mass is 9.75. The lowest BCUT2D eigenvalue weighted by Gasteiger charge is -2.36. The molecule has 3 heterocycles. The number of hydrogen-bond acceptors (Lipinski definition) is 4. The fourth-order valence-corrected chi connectivity index (χ4v) is 10.9. The van der Waals surface area contributed by atoms with Crippen molar-refractivity contribution in [2.24, 2.45) is 0 Å². The summed E-state index contributed by atoms with van der Waals surface area (Å²) < 4.78 is 12.2. The molecule has 0 saturated carbocycles. The molecule has 1 aliphatic heterocycles. The molecular weight excluding hydrogens is 707 g/mol. The Hall–Kier alpha value is -6.20. The van der Waals surface area contributed by atoms with Crippen LogP contribution in [-0.2, 0) is 5.41 Å². The summed E-state index contributed by atoms with van der Waals surface area (Å²) >= 11 is 3.70. The summed E-state index contributed by atoms with van der Waals surface area (Å²) in [5.74, 6) is 1.87. The molecule has 0 unspecified atom stereocenters. The highest BCUT2D eigenvalue weighted by Gasteiger charge is 2.36. The summed E-state index contributed by atoms with van der Waals surface area (Å²) in [6.07, 6.45) is 0. The first-order chi connectivity index (χ1) is 27.0. The Labute approximate surface area is 328 Å². The standard InChI is InChI=1S/C51H35NOS2/c1-51(2)42-28-27-37(31-44(42)53-49-43(51)29-30-47-48(49)41-14-7-9-18-46(41)54-47)52(35-23-19-33(20-24-35)32-11-4-3-5-12-32)36-25-21-34(22-26-36)38-15-10-16-40-39-13-6-8-17-45(39)55-50(38)40/h3-31H,1-2H3. The van der Waals surface area contributed by atoms with Gasteiger partial charge in [0.2, 0.25) is 0 Å². The Morgan fingerprint density at radius 1 is 0.455 bits per heavy atom. The molecule has 0 amide bonds. The minimum absolute atomic E-state index is 0.240. The molecule has 262 valence electrons. The van der Waals surface area contributed by atoms with E-state index in [0.717, 1.165) is 28.6 Å². The third-order valence-electron chi connectivity index (χ3n) is 11.4. The van der Waals surface area contributed by atoms with Crippen LogP contribution in [0.2, 0.25) is 0 Å². The summed E-state index contributed by atoms with van der Waals surface area (Å²) in [4.78, 5) is 2.35. The average molecular weight is 742 g/mol. The topological polar surface area (TPSA) is 12.5 Å². The number of hydrogen-bond donors (Lipinski definition) is 0. The maximum atomic E-state index is 7.06. The molecule has 0 N–H and O–H groups in total. The van der Waals surface area contributed by atoms with Crippen molar-refractivity contribution < 1.29 is 4.74 Å². The van der Waals surface area contributed by atoms with Gasteiger partial charge < -0.3 is 9.64 Å². The second-order valence-corrected chi connectivity index (χ2v) is 17.0. The minimum Gasteiger partial charge on any atom is -0.456 e. The smallest absolute Gasteiger partial charge is 0.140 e. The maximum absolute atomic E-state index is 7.06. The third kappa shape index (κ3) is 5.13. The first kappa shape index (κ1) is 32.2. The van der Waals surface area contributed by atoms with E-state index in [4.69, 9.17) is 4.74 Å². The molecule has 1 aliphatic rings. The van der Waals surface area contributed by atoms with Crippen molar-refractivity contribution >= 4 is 80.1 Å². The Kier molecular flexibility index (Phi) is 7.28. The maximum Gasteiger partial charge on any atom is 0.140 e. The lowest BCUT2D eigenvalue weighted by Crippen LogP contribution is -2.24. The van der Waals surface area contributed by atoms with Gasteiger partial charge in [0.25, 0.3) is 0 Å². The zero-order chi connectivity index (χ0) is 36.7. The Morgan fingerprint density at radius 3 is 1.82 bits per heavy atom. The van der Waals surface area contributed by atoms with Crippen LogP contribution < -0.4 is 9.64 Å². The molecule has 2 aromatic heterocycles. The number of ether oxygens (including phenoxy) is 1. The van der Waals surface area contributed by atoms with Gasteiger partial charge in [0.15, 0.2) is 0 Å². The number of benzene rings is 8. The molecule has 8 aromatic carbocycles. The minimum atomic E-state index is -0.240. The number of anilines is 3. The van der Waals surface area contributed by atoms with Gasteiger partial charge in [0.1, 0.15) is 11.5 Å². The van der Waals surface area contributed by atoms with Gasteiger partial charge in [0, 0.05) is 80.0 Å². The van der Waals surface area contributed by atoms with Crippen LogP contribution >= 0.6 is 22.7 Å². The second kappa shape index (κ2) is 12.4. The second-order valence-electron chi connectivity index (χ2n) is 14.9. The van der Waals surface area contributed by atoms with Gasteiger partial charge in [-0.2, -0.15) is 0 Å². The van der Waals surface area contributed by atoms with E-state index in [1.54, 1.807) is 0 Å². The number of rotatable bonds is 5. The molecule has 0 saturated heterocycles. The summed E-state index contributed by atoms with van der Waals surface area (Å²) in [6, 6.07) is 63.9. The zero-order valence-corrected chi connectivity index (χ0v) is 32.0. The first-order valence-corrected chi connectivity index (χ1v) is 20.4. The molecule has 0 bridgehead atoms. The van der Waals surface area contributed by atoms with Gasteiger partial charge in [0.05, 0.1) is 0 Å². The normalized spacial score (nSPS) is 13.2. The molecule has 55 heavy (non-hydrogen) atoms. The highest BCUT2D eigenvalue weighted by molar-refractivity contribution is 7.26. The largest absolute Gasteiger partial charge is 0.456 e. The highest BCUT2D eigenvalue weighted by Crippen LogP contribution is 2.54. The van der Waals surface area contributed by atoms with Gasteiger partial charge in [-0.15, -0.1) is 22.7 Å². The van der Waals surface area contributed by atoms with E-state index in [2.05, 4.69) is 195 Å². The van der Waals surface area contributed by atoms with Crippen LogP contribution in [0.15, 0.2) is 176 Å². The number of fused-ring (bicyclic) bond motifs is 9. The summed E-state index contributed by atoms with van der Waals surface area (Å²) in [6.45, 7) is 4.65. The van der Waals surface area contributed by atoms with Crippen LogP contribution in [0.3, 0.4) is 0 Å². The van der Waals surface area contributed by atoms with Crippen molar-refractivity contribution in [2.75, 3.05) is 4.90 Å². The van der Waals surface area contributed by atoms with Crippen LogP contribution in [-0.4, -0.2) is 0 Å². The van der Waals surface area contributed by atoms with Crippen LogP contribution in [0, 0.1) is 0 Å². The number of thiophene rings is 2. The van der Waals surface area contributed by atoms with Gasteiger partial charge >= 0.3 is 0 Å². The first-order valence-electron chi connectivity index (χ1n) is 18.7. The van der Waals surface area contributed by atoms with E-state index < -0.39 is 0 Å². The zero-order valence-electron chi connectivity index (χ0n) is 30.4. The molecule has 0 fully saturated rings. The fourth-order valence-electron chi connectivity index (χ4n) is 8.53. The van der Waals surface area contributed by atoms with E-state index in [9.17, 15) is 0 Å². The fraction of sp³-hybridized carbons (Fsp3) is 0.0588. The molecular formula is C51H35NOS2. The molecule has 0 radical (unpaired) electrons. The van der Waals surface area contributed by atoms with Crippen molar-refractivity contribution in [3.05, 3.63) is 187 Å². The quantitative estimate of drug-likeness (QED) is 0.174. The molecule has 10 aromatic rings. The van der Waals surface area contributed by atoms with Crippen LogP contribution in [0.5, 0.6) is 11.5 Å². The third-order valence-corrected chi connectivity index (χ3v) is 13.7. The highest BCUT2D eigenvalue weighted by atomic mass is 32.1.